The fraction of sp³-hybridized carbons (Fsp3) is 0.348. The van der Waals surface area contributed by atoms with Gasteiger partial charge in [-0.2, -0.15) is 0 Å². The highest BCUT2D eigenvalue weighted by Crippen LogP contribution is 2.23. The van der Waals surface area contributed by atoms with Crippen LogP contribution in [0.2, 0.25) is 5.15 Å². The number of halogens is 2. The second-order valence-electron chi connectivity index (χ2n) is 7.99. The van der Waals surface area contributed by atoms with Gasteiger partial charge in [0.2, 0.25) is 5.91 Å². The summed E-state index contributed by atoms with van der Waals surface area (Å²) < 4.78 is 13.3. The van der Waals surface area contributed by atoms with Gasteiger partial charge in [-0.15, -0.1) is 0 Å². The zero-order valence-electron chi connectivity index (χ0n) is 16.9. The van der Waals surface area contributed by atoms with E-state index in [4.69, 9.17) is 11.6 Å². The SMILES string of the molecule is O=C(C[C@@H](Cc1ccc(F)cc1)C(=O)N1CCC(O)CC1)c1cc2cc(Cl)ncc2[nH]1. The van der Waals surface area contributed by atoms with Gasteiger partial charge < -0.3 is 15.0 Å². The van der Waals surface area contributed by atoms with E-state index >= 15 is 0 Å². The van der Waals surface area contributed by atoms with E-state index in [9.17, 15) is 19.1 Å². The minimum atomic E-state index is -0.582. The topological polar surface area (TPSA) is 86.3 Å². The number of H-pyrrole nitrogens is 1. The lowest BCUT2D eigenvalue weighted by Gasteiger charge is -2.32. The molecular weight excluding hydrogens is 421 g/mol. The van der Waals surface area contributed by atoms with E-state index in [2.05, 4.69) is 9.97 Å². The highest BCUT2D eigenvalue weighted by molar-refractivity contribution is 6.30. The average Bonchev–Trinajstić information content (AvgIpc) is 3.18. The Balaban J connectivity index is 1.55. The van der Waals surface area contributed by atoms with E-state index < -0.39 is 12.0 Å². The quantitative estimate of drug-likeness (QED) is 0.448. The first kappa shape index (κ1) is 21.5. The molecule has 1 aromatic carbocycles. The molecule has 4 rings (SSSR count). The molecule has 2 aromatic heterocycles. The fourth-order valence-corrected chi connectivity index (χ4v) is 4.15. The molecule has 3 heterocycles. The molecule has 162 valence electrons. The number of nitrogens with zero attached hydrogens (tertiary/aromatic N) is 2. The summed E-state index contributed by atoms with van der Waals surface area (Å²) in [5.41, 5.74) is 1.88. The zero-order valence-corrected chi connectivity index (χ0v) is 17.6. The molecule has 1 atom stereocenters. The Morgan fingerprint density at radius 3 is 2.65 bits per heavy atom. The number of ketones is 1. The second kappa shape index (κ2) is 9.16. The minimum absolute atomic E-state index is 0.0171. The number of likely N-dealkylation sites (tertiary alicyclic amines) is 1. The maximum atomic E-state index is 13.3. The molecule has 0 aliphatic carbocycles. The Kier molecular flexibility index (Phi) is 6.34. The van der Waals surface area contributed by atoms with Crippen LogP contribution in [0.4, 0.5) is 4.39 Å². The van der Waals surface area contributed by atoms with Crippen molar-refractivity contribution >= 4 is 34.2 Å². The first-order valence-electron chi connectivity index (χ1n) is 10.3. The van der Waals surface area contributed by atoms with Gasteiger partial charge in [-0.25, -0.2) is 9.37 Å². The Morgan fingerprint density at radius 2 is 1.94 bits per heavy atom. The number of aliphatic hydroxyl groups excluding tert-OH is 1. The molecule has 0 unspecified atom stereocenters. The second-order valence-corrected chi connectivity index (χ2v) is 8.38. The standard InChI is InChI=1S/C23H23ClFN3O3/c24-22-12-15-10-19(27-20(15)13-26-22)21(30)11-16(9-14-1-3-17(25)4-2-14)23(31)28-7-5-18(29)6-8-28/h1-4,10,12-13,16,18,27,29H,5-9,11H2/t16-/m1/s1. The number of carbonyl (C=O) groups excluding carboxylic acids is 2. The third-order valence-electron chi connectivity index (χ3n) is 5.72. The molecule has 1 aliphatic heterocycles. The Bertz CT molecular complexity index is 1090. The van der Waals surface area contributed by atoms with Crippen molar-refractivity contribution in [1.29, 1.82) is 0 Å². The first-order valence-corrected chi connectivity index (χ1v) is 10.7. The lowest BCUT2D eigenvalue weighted by molar-refractivity contribution is -0.137. The summed E-state index contributed by atoms with van der Waals surface area (Å²) in [6.07, 6.45) is 2.57. The number of rotatable bonds is 6. The van der Waals surface area contributed by atoms with Crippen molar-refractivity contribution < 1.29 is 19.1 Å². The van der Waals surface area contributed by atoms with Crippen LogP contribution in [-0.2, 0) is 11.2 Å². The fourth-order valence-electron chi connectivity index (χ4n) is 3.98. The molecule has 3 aromatic rings. The molecule has 1 aliphatic rings. The first-order chi connectivity index (χ1) is 14.9. The maximum absolute atomic E-state index is 13.3. The smallest absolute Gasteiger partial charge is 0.226 e. The molecule has 1 amide bonds. The summed E-state index contributed by atoms with van der Waals surface area (Å²) in [7, 11) is 0. The van der Waals surface area contributed by atoms with Gasteiger partial charge in [-0.3, -0.25) is 9.59 Å². The number of carbonyl (C=O) groups is 2. The Labute approximate surface area is 184 Å². The number of Topliss-reactive ketones (excluding diaryl/α,β-unsaturated/α-hetero) is 1. The van der Waals surface area contributed by atoms with Crippen molar-refractivity contribution in [2.24, 2.45) is 5.92 Å². The molecule has 0 bridgehead atoms. The zero-order chi connectivity index (χ0) is 22.0. The van der Waals surface area contributed by atoms with Crippen molar-refractivity contribution in [3.05, 3.63) is 64.8 Å². The van der Waals surface area contributed by atoms with Crippen LogP contribution in [0, 0.1) is 11.7 Å². The summed E-state index contributed by atoms with van der Waals surface area (Å²) in [5, 5.41) is 10.9. The van der Waals surface area contributed by atoms with Gasteiger partial charge in [-0.1, -0.05) is 23.7 Å². The monoisotopic (exact) mass is 443 g/mol. The molecule has 1 saturated heterocycles. The van der Waals surface area contributed by atoms with Gasteiger partial charge in [0.25, 0.3) is 0 Å². The molecule has 31 heavy (non-hydrogen) atoms. The van der Waals surface area contributed by atoms with Crippen molar-refractivity contribution in [2.45, 2.75) is 31.8 Å². The Hall–Kier alpha value is -2.77. The van der Waals surface area contributed by atoms with E-state index in [1.807, 2.05) is 0 Å². The van der Waals surface area contributed by atoms with Crippen LogP contribution < -0.4 is 0 Å². The number of nitrogens with one attached hydrogen (secondary N) is 1. The summed E-state index contributed by atoms with van der Waals surface area (Å²) >= 11 is 5.93. The number of benzene rings is 1. The predicted molar refractivity (Wildman–Crippen MR) is 115 cm³/mol. The molecule has 6 nitrogen and oxygen atoms in total. The Morgan fingerprint density at radius 1 is 1.23 bits per heavy atom. The van der Waals surface area contributed by atoms with E-state index in [0.717, 1.165) is 10.9 Å². The van der Waals surface area contributed by atoms with E-state index in [1.54, 1.807) is 35.4 Å². The van der Waals surface area contributed by atoms with Gasteiger partial charge in [0.05, 0.1) is 23.5 Å². The molecule has 2 N–H and O–H groups in total. The number of hydrogen-bond donors (Lipinski definition) is 2. The van der Waals surface area contributed by atoms with Gasteiger partial charge in [-0.05, 0) is 49.1 Å². The van der Waals surface area contributed by atoms with Crippen LogP contribution in [0.3, 0.4) is 0 Å². The van der Waals surface area contributed by atoms with Crippen molar-refractivity contribution in [3.63, 3.8) is 0 Å². The number of pyridine rings is 1. The highest BCUT2D eigenvalue weighted by Gasteiger charge is 2.30. The van der Waals surface area contributed by atoms with Crippen LogP contribution in [-0.4, -0.2) is 50.9 Å². The van der Waals surface area contributed by atoms with Gasteiger partial charge in [0, 0.05) is 30.8 Å². The van der Waals surface area contributed by atoms with Gasteiger partial charge in [0.1, 0.15) is 11.0 Å². The highest BCUT2D eigenvalue weighted by atomic mass is 35.5. The molecular formula is C23H23ClFN3O3. The van der Waals surface area contributed by atoms with Crippen molar-refractivity contribution in [2.75, 3.05) is 13.1 Å². The predicted octanol–water partition coefficient (Wildman–Crippen LogP) is 3.77. The lowest BCUT2D eigenvalue weighted by Crippen LogP contribution is -2.44. The van der Waals surface area contributed by atoms with Gasteiger partial charge >= 0.3 is 0 Å². The largest absolute Gasteiger partial charge is 0.393 e. The molecule has 0 radical (unpaired) electrons. The van der Waals surface area contributed by atoms with Crippen molar-refractivity contribution in [1.82, 2.24) is 14.9 Å². The minimum Gasteiger partial charge on any atom is -0.393 e. The number of aliphatic hydroxyl groups is 1. The van der Waals surface area contributed by atoms with E-state index in [-0.39, 0.29) is 23.9 Å². The summed E-state index contributed by atoms with van der Waals surface area (Å²) in [6.45, 7) is 0.926. The molecule has 0 spiro atoms. The summed E-state index contributed by atoms with van der Waals surface area (Å²) in [4.78, 5) is 35.0. The number of fused-ring (bicyclic) bond motifs is 1. The van der Waals surface area contributed by atoms with Crippen LogP contribution in [0.15, 0.2) is 42.6 Å². The number of hydrogen-bond acceptors (Lipinski definition) is 4. The van der Waals surface area contributed by atoms with Crippen LogP contribution in [0.1, 0.15) is 35.3 Å². The number of piperidine rings is 1. The van der Waals surface area contributed by atoms with Gasteiger partial charge in [0.15, 0.2) is 5.78 Å². The van der Waals surface area contributed by atoms with E-state index in [0.29, 0.717) is 48.7 Å². The molecule has 1 fully saturated rings. The lowest BCUT2D eigenvalue weighted by atomic mass is 9.91. The number of amides is 1. The third kappa shape index (κ3) is 5.11. The molecule has 8 heteroatoms. The van der Waals surface area contributed by atoms with Crippen LogP contribution in [0.25, 0.3) is 10.9 Å². The van der Waals surface area contributed by atoms with E-state index in [1.165, 1.54) is 12.1 Å². The number of aromatic nitrogens is 2. The van der Waals surface area contributed by atoms with Crippen molar-refractivity contribution in [3.8, 4) is 0 Å². The maximum Gasteiger partial charge on any atom is 0.226 e. The third-order valence-corrected chi connectivity index (χ3v) is 5.93. The normalized spacial score (nSPS) is 15.9. The summed E-state index contributed by atoms with van der Waals surface area (Å²) in [5.74, 6) is -1.24. The average molecular weight is 444 g/mol. The summed E-state index contributed by atoms with van der Waals surface area (Å²) in [6, 6.07) is 9.36. The van der Waals surface area contributed by atoms with Crippen LogP contribution >= 0.6 is 11.6 Å². The van der Waals surface area contributed by atoms with Crippen LogP contribution in [0.5, 0.6) is 0 Å². The number of aromatic amines is 1. The molecule has 0 saturated carbocycles.